The Bertz CT molecular complexity index is 672. The number of benzene rings is 1. The van der Waals surface area contributed by atoms with Gasteiger partial charge in [-0.25, -0.2) is 0 Å². The van der Waals surface area contributed by atoms with Gasteiger partial charge in [0.05, 0.1) is 12.6 Å². The van der Waals surface area contributed by atoms with E-state index in [0.717, 1.165) is 19.5 Å². The average Bonchev–Trinajstić information content (AvgIpc) is 2.95. The Morgan fingerprint density at radius 1 is 1.32 bits per heavy atom. The lowest BCUT2D eigenvalue weighted by Gasteiger charge is -2.30. The summed E-state index contributed by atoms with van der Waals surface area (Å²) < 4.78 is 1.31. The molecular formula is C14H17N5O3. The van der Waals surface area contributed by atoms with Crippen molar-refractivity contribution in [2.45, 2.75) is 25.6 Å². The molecular weight excluding hydrogens is 286 g/mol. The number of aliphatic hydroxyl groups is 1. The van der Waals surface area contributed by atoms with Crippen LogP contribution < -0.4 is 0 Å². The fourth-order valence-electron chi connectivity index (χ4n) is 2.74. The maximum atomic E-state index is 10.5. The molecule has 8 heteroatoms. The van der Waals surface area contributed by atoms with Gasteiger partial charge in [0.25, 0.3) is 0 Å². The van der Waals surface area contributed by atoms with Gasteiger partial charge in [0.15, 0.2) is 0 Å². The summed E-state index contributed by atoms with van der Waals surface area (Å²) in [5, 5.41) is 24.4. The molecule has 0 aliphatic carbocycles. The third kappa shape index (κ3) is 3.29. The van der Waals surface area contributed by atoms with Gasteiger partial charge in [0.2, 0.25) is 6.33 Å². The van der Waals surface area contributed by atoms with Crippen LogP contribution in [0.2, 0.25) is 0 Å². The number of aliphatic hydroxyl groups excluding tert-OH is 1. The van der Waals surface area contributed by atoms with Crippen LogP contribution >= 0.6 is 0 Å². The second-order valence-electron chi connectivity index (χ2n) is 5.43. The molecule has 3 rings (SSSR count). The first-order valence-electron chi connectivity index (χ1n) is 7.13. The van der Waals surface area contributed by atoms with Crippen LogP contribution in [0, 0.1) is 10.1 Å². The summed E-state index contributed by atoms with van der Waals surface area (Å²) in [6.45, 7) is 2.40. The molecule has 1 unspecified atom stereocenters. The summed E-state index contributed by atoms with van der Waals surface area (Å²) in [7, 11) is 0. The molecule has 116 valence electrons. The van der Waals surface area contributed by atoms with Gasteiger partial charge in [0, 0.05) is 24.7 Å². The van der Waals surface area contributed by atoms with Crippen LogP contribution in [-0.2, 0) is 19.5 Å². The Balaban J connectivity index is 1.56. The first-order chi connectivity index (χ1) is 10.6. The molecule has 1 N–H and O–H groups in total. The zero-order valence-corrected chi connectivity index (χ0v) is 12.0. The average molecular weight is 303 g/mol. The van der Waals surface area contributed by atoms with Gasteiger partial charge in [-0.2, -0.15) is 4.68 Å². The van der Waals surface area contributed by atoms with E-state index in [-0.39, 0.29) is 6.54 Å². The number of β-amino-alcohol motifs (C(OH)–C–C–N with tert-alkyl or cyclic N) is 1. The monoisotopic (exact) mass is 303 g/mol. The quantitative estimate of drug-likeness (QED) is 0.642. The molecule has 0 radical (unpaired) electrons. The smallest absolute Gasteiger partial charge is 0.390 e. The number of aromatic nitrogens is 3. The van der Waals surface area contributed by atoms with Crippen LogP contribution in [0.15, 0.2) is 30.6 Å². The highest BCUT2D eigenvalue weighted by molar-refractivity contribution is 5.29. The largest absolute Gasteiger partial charge is 0.490 e. The van der Waals surface area contributed by atoms with Crippen molar-refractivity contribution < 1.29 is 10.0 Å². The van der Waals surface area contributed by atoms with E-state index in [1.165, 1.54) is 22.1 Å². The predicted octanol–water partition coefficient (Wildman–Crippen LogP) is 0.605. The highest BCUT2D eigenvalue weighted by Gasteiger charge is 2.20. The molecule has 8 nitrogen and oxygen atoms in total. The molecule has 1 aromatic heterocycles. The van der Waals surface area contributed by atoms with Gasteiger partial charge in [-0.15, -0.1) is 0 Å². The number of rotatable bonds is 5. The van der Waals surface area contributed by atoms with Crippen LogP contribution in [0.25, 0.3) is 0 Å². The molecule has 0 amide bonds. The zero-order chi connectivity index (χ0) is 15.5. The van der Waals surface area contributed by atoms with E-state index in [4.69, 9.17) is 0 Å². The van der Waals surface area contributed by atoms with Gasteiger partial charge >= 0.3 is 5.95 Å². The summed E-state index contributed by atoms with van der Waals surface area (Å²) in [5.41, 5.74) is 2.65. The molecule has 2 aromatic rings. The van der Waals surface area contributed by atoms with E-state index in [2.05, 4.69) is 27.1 Å². The summed E-state index contributed by atoms with van der Waals surface area (Å²) in [6.07, 6.45) is 1.59. The van der Waals surface area contributed by atoms with Crippen LogP contribution in [0.5, 0.6) is 0 Å². The van der Waals surface area contributed by atoms with Crippen molar-refractivity contribution in [2.75, 3.05) is 13.1 Å². The van der Waals surface area contributed by atoms with Crippen molar-refractivity contribution in [3.8, 4) is 0 Å². The molecule has 22 heavy (non-hydrogen) atoms. The van der Waals surface area contributed by atoms with Gasteiger partial charge in [-0.3, -0.25) is 4.90 Å². The first-order valence-corrected chi connectivity index (χ1v) is 7.13. The normalized spacial score (nSPS) is 16.2. The topological polar surface area (TPSA) is 97.3 Å². The number of nitro groups is 1. The van der Waals surface area contributed by atoms with Crippen LogP contribution in [0.4, 0.5) is 5.95 Å². The van der Waals surface area contributed by atoms with Gasteiger partial charge in [-0.1, -0.05) is 29.2 Å². The lowest BCUT2D eigenvalue weighted by molar-refractivity contribution is -0.394. The number of hydrogen-bond acceptors (Lipinski definition) is 6. The molecule has 1 aromatic carbocycles. The van der Waals surface area contributed by atoms with Crippen LogP contribution in [0.1, 0.15) is 11.1 Å². The van der Waals surface area contributed by atoms with Crippen LogP contribution in [-0.4, -0.2) is 48.9 Å². The minimum atomic E-state index is -0.648. The number of nitrogens with zero attached hydrogens (tertiary/aromatic N) is 5. The summed E-state index contributed by atoms with van der Waals surface area (Å²) in [6, 6.07) is 8.31. The van der Waals surface area contributed by atoms with Gasteiger partial charge < -0.3 is 15.2 Å². The van der Waals surface area contributed by atoms with Crippen LogP contribution in [0.3, 0.4) is 0 Å². The molecule has 1 aliphatic heterocycles. The van der Waals surface area contributed by atoms with E-state index >= 15 is 0 Å². The minimum absolute atomic E-state index is 0.193. The van der Waals surface area contributed by atoms with Crippen molar-refractivity contribution in [1.82, 2.24) is 19.7 Å². The number of hydrogen-bond donors (Lipinski definition) is 1. The predicted molar refractivity (Wildman–Crippen MR) is 78.1 cm³/mol. The van der Waals surface area contributed by atoms with E-state index in [9.17, 15) is 15.2 Å². The Labute approximate surface area is 127 Å². The minimum Gasteiger partial charge on any atom is -0.390 e. The highest BCUT2D eigenvalue weighted by Crippen LogP contribution is 2.18. The molecule has 2 heterocycles. The molecule has 0 fully saturated rings. The fourth-order valence-corrected chi connectivity index (χ4v) is 2.74. The maximum absolute atomic E-state index is 10.5. The lowest BCUT2D eigenvalue weighted by atomic mass is 10.00. The molecule has 0 spiro atoms. The molecule has 0 bridgehead atoms. The molecule has 0 saturated carbocycles. The Hall–Kier alpha value is -2.32. The second kappa shape index (κ2) is 6.20. The summed E-state index contributed by atoms with van der Waals surface area (Å²) in [4.78, 5) is 15.6. The Morgan fingerprint density at radius 2 is 2.09 bits per heavy atom. The summed E-state index contributed by atoms with van der Waals surface area (Å²) in [5.74, 6) is -0.445. The summed E-state index contributed by atoms with van der Waals surface area (Å²) >= 11 is 0. The first kappa shape index (κ1) is 14.6. The van der Waals surface area contributed by atoms with E-state index in [0.29, 0.717) is 6.54 Å². The third-order valence-corrected chi connectivity index (χ3v) is 3.76. The molecule has 0 saturated heterocycles. The van der Waals surface area contributed by atoms with E-state index in [1.807, 2.05) is 12.1 Å². The van der Waals surface area contributed by atoms with E-state index in [1.54, 1.807) is 0 Å². The van der Waals surface area contributed by atoms with Crippen molar-refractivity contribution >= 4 is 5.95 Å². The Morgan fingerprint density at radius 3 is 2.82 bits per heavy atom. The standard InChI is InChI=1S/C14H17N5O3/c20-13(9-18-10-15-14(16-18)19(21)22)8-17-6-5-11-3-1-2-4-12(11)7-17/h1-4,10,13,20H,5-9H2. The second-order valence-corrected chi connectivity index (χ2v) is 5.43. The molecule has 1 atom stereocenters. The van der Waals surface area contributed by atoms with Crippen molar-refractivity contribution in [3.63, 3.8) is 0 Å². The Kier molecular flexibility index (Phi) is 4.12. The SMILES string of the molecule is O=[N+]([O-])c1ncn(CC(O)CN2CCc3ccccc3C2)n1. The van der Waals surface area contributed by atoms with Gasteiger partial charge in [-0.05, 0) is 22.5 Å². The zero-order valence-electron chi connectivity index (χ0n) is 12.0. The van der Waals surface area contributed by atoms with E-state index < -0.39 is 17.0 Å². The number of fused-ring (bicyclic) bond motifs is 1. The van der Waals surface area contributed by atoms with Crippen molar-refractivity contribution in [3.05, 3.63) is 51.8 Å². The molecule has 1 aliphatic rings. The van der Waals surface area contributed by atoms with Crippen molar-refractivity contribution in [2.24, 2.45) is 0 Å². The fraction of sp³-hybridized carbons (Fsp3) is 0.429. The highest BCUT2D eigenvalue weighted by atomic mass is 16.6. The van der Waals surface area contributed by atoms with Gasteiger partial charge in [0.1, 0.15) is 0 Å². The lowest BCUT2D eigenvalue weighted by Crippen LogP contribution is -2.38. The maximum Gasteiger partial charge on any atom is 0.490 e. The van der Waals surface area contributed by atoms with Crippen molar-refractivity contribution in [1.29, 1.82) is 0 Å². The third-order valence-electron chi connectivity index (χ3n) is 3.76.